The van der Waals surface area contributed by atoms with Gasteiger partial charge in [0.15, 0.2) is 0 Å². The van der Waals surface area contributed by atoms with Crippen molar-refractivity contribution in [1.82, 2.24) is 20.3 Å². The molecule has 0 unspecified atom stereocenters. The topological polar surface area (TPSA) is 76.9 Å². The van der Waals surface area contributed by atoms with Crippen LogP contribution < -0.4 is 10.9 Å². The first-order chi connectivity index (χ1) is 12.0. The normalized spacial score (nSPS) is 12.1. The van der Waals surface area contributed by atoms with E-state index in [1.807, 2.05) is 6.92 Å². The Hall–Kier alpha value is -2.44. The van der Waals surface area contributed by atoms with Crippen molar-refractivity contribution < 1.29 is 4.79 Å². The Kier molecular flexibility index (Phi) is 5.01. The smallest absolute Gasteiger partial charge is 0.278 e. The van der Waals surface area contributed by atoms with Crippen molar-refractivity contribution in [1.29, 1.82) is 0 Å². The van der Waals surface area contributed by atoms with Gasteiger partial charge in [-0.2, -0.15) is 0 Å². The molecule has 1 N–H and O–H groups in total. The van der Waals surface area contributed by atoms with Crippen LogP contribution in [0.5, 0.6) is 0 Å². The van der Waals surface area contributed by atoms with E-state index in [1.54, 1.807) is 42.5 Å². The summed E-state index contributed by atoms with van der Waals surface area (Å²) in [4.78, 5) is 24.6. The monoisotopic (exact) mass is 376 g/mol. The Bertz CT molecular complexity index is 1000. The number of nitrogens with one attached hydrogen (secondary N) is 1. The molecule has 1 amide bonds. The van der Waals surface area contributed by atoms with E-state index in [0.29, 0.717) is 20.9 Å². The van der Waals surface area contributed by atoms with Crippen molar-refractivity contribution in [3.8, 4) is 0 Å². The van der Waals surface area contributed by atoms with E-state index in [0.717, 1.165) is 10.2 Å². The summed E-state index contributed by atoms with van der Waals surface area (Å²) in [5.74, 6) is -0.356. The molecule has 0 aliphatic carbocycles. The van der Waals surface area contributed by atoms with Gasteiger partial charge >= 0.3 is 0 Å². The molecule has 6 nitrogen and oxygen atoms in total. The lowest BCUT2D eigenvalue weighted by Gasteiger charge is -2.15. The van der Waals surface area contributed by atoms with E-state index >= 15 is 0 Å². The molecule has 25 heavy (non-hydrogen) atoms. The molecule has 0 bridgehead atoms. The molecule has 0 aliphatic heterocycles. The quantitative estimate of drug-likeness (QED) is 0.759. The summed E-state index contributed by atoms with van der Waals surface area (Å²) < 4.78 is 1.04. The van der Waals surface area contributed by atoms with Crippen LogP contribution in [0.3, 0.4) is 0 Å². The molecular weight excluding hydrogens is 363 g/mol. The zero-order chi connectivity index (χ0) is 18.0. The van der Waals surface area contributed by atoms with Gasteiger partial charge in [-0.3, -0.25) is 9.59 Å². The number of rotatable bonds is 4. The Balaban J connectivity index is 1.75. The lowest BCUT2D eigenvalue weighted by molar-refractivity contribution is -0.122. The minimum Gasteiger partial charge on any atom is -0.348 e. The second kappa shape index (κ2) is 7.21. The first kappa shape index (κ1) is 17.4. The predicted octanol–water partition coefficient (Wildman–Crippen LogP) is 2.98. The van der Waals surface area contributed by atoms with Gasteiger partial charge in [0.2, 0.25) is 5.91 Å². The van der Waals surface area contributed by atoms with Gasteiger partial charge in [0.1, 0.15) is 12.1 Å². The maximum absolute atomic E-state index is 12.4. The van der Waals surface area contributed by atoms with Crippen LogP contribution >= 0.6 is 23.2 Å². The Morgan fingerprint density at radius 3 is 2.72 bits per heavy atom. The summed E-state index contributed by atoms with van der Waals surface area (Å²) in [5.41, 5.74) is 0.941. The third-order valence-corrected chi connectivity index (χ3v) is 4.48. The molecule has 128 valence electrons. The van der Waals surface area contributed by atoms with Crippen LogP contribution in [-0.4, -0.2) is 20.9 Å². The van der Waals surface area contributed by atoms with Crippen LogP contribution in [-0.2, 0) is 11.3 Å². The lowest BCUT2D eigenvalue weighted by atomic mass is 10.1. The van der Waals surface area contributed by atoms with E-state index in [4.69, 9.17) is 23.2 Å². The van der Waals surface area contributed by atoms with Crippen molar-refractivity contribution >= 4 is 40.0 Å². The number of halogens is 2. The molecule has 3 rings (SSSR count). The maximum atomic E-state index is 12.4. The average Bonchev–Trinajstić information content (AvgIpc) is 2.60. The minimum atomic E-state index is -0.358. The molecule has 0 aliphatic rings. The standard InChI is InChI=1S/C17H14Cl2N4O2/c1-10(11-6-7-13(18)14(19)8-11)20-16(24)9-23-17(25)12-4-2-3-5-15(12)21-22-23/h2-8,10H,9H2,1H3,(H,20,24)/t10-/m1/s1. The number of hydrogen-bond acceptors (Lipinski definition) is 4. The molecule has 0 saturated heterocycles. The molecule has 0 radical (unpaired) electrons. The third kappa shape index (κ3) is 3.81. The molecule has 1 atom stereocenters. The fourth-order valence-electron chi connectivity index (χ4n) is 2.42. The first-order valence-corrected chi connectivity index (χ1v) is 8.28. The summed E-state index contributed by atoms with van der Waals surface area (Å²) in [6.45, 7) is 1.59. The molecule has 2 aromatic carbocycles. The fraction of sp³-hybridized carbons (Fsp3) is 0.176. The molecule has 8 heteroatoms. The fourth-order valence-corrected chi connectivity index (χ4v) is 2.72. The van der Waals surface area contributed by atoms with Crippen molar-refractivity contribution in [2.75, 3.05) is 0 Å². The highest BCUT2D eigenvalue weighted by Gasteiger charge is 2.13. The van der Waals surface area contributed by atoms with Gasteiger partial charge in [0.05, 0.1) is 21.5 Å². The number of benzene rings is 2. The van der Waals surface area contributed by atoms with E-state index in [9.17, 15) is 9.59 Å². The van der Waals surface area contributed by atoms with E-state index in [-0.39, 0.29) is 24.1 Å². The Morgan fingerprint density at radius 2 is 1.96 bits per heavy atom. The SMILES string of the molecule is C[C@@H](NC(=O)Cn1nnc2ccccc2c1=O)c1ccc(Cl)c(Cl)c1. The van der Waals surface area contributed by atoms with Crippen LogP contribution in [0.1, 0.15) is 18.5 Å². The zero-order valence-electron chi connectivity index (χ0n) is 13.2. The highest BCUT2D eigenvalue weighted by atomic mass is 35.5. The van der Waals surface area contributed by atoms with Gasteiger partial charge in [-0.05, 0) is 36.8 Å². The number of carbonyl (C=O) groups excluding carboxylic acids is 1. The van der Waals surface area contributed by atoms with Crippen molar-refractivity contribution in [3.05, 3.63) is 68.4 Å². The van der Waals surface area contributed by atoms with Gasteiger partial charge in [0, 0.05) is 0 Å². The second-order valence-corrected chi connectivity index (χ2v) is 6.35. The molecule has 3 aromatic rings. The molecule has 1 aromatic heterocycles. The summed E-state index contributed by atoms with van der Waals surface area (Å²) in [6.07, 6.45) is 0. The maximum Gasteiger partial charge on any atom is 0.278 e. The van der Waals surface area contributed by atoms with Gasteiger partial charge in [-0.1, -0.05) is 46.6 Å². The van der Waals surface area contributed by atoms with Gasteiger partial charge in [0.25, 0.3) is 5.56 Å². The Morgan fingerprint density at radius 1 is 1.20 bits per heavy atom. The summed E-state index contributed by atoms with van der Waals surface area (Å²) in [7, 11) is 0. The second-order valence-electron chi connectivity index (χ2n) is 5.53. The molecule has 0 fully saturated rings. The van der Waals surface area contributed by atoms with Crippen molar-refractivity contribution in [2.45, 2.75) is 19.5 Å². The highest BCUT2D eigenvalue weighted by Crippen LogP contribution is 2.25. The van der Waals surface area contributed by atoms with Gasteiger partial charge < -0.3 is 5.32 Å². The number of hydrogen-bond donors (Lipinski definition) is 1. The van der Waals surface area contributed by atoms with Gasteiger partial charge in [-0.15, -0.1) is 5.10 Å². The van der Waals surface area contributed by atoms with Crippen LogP contribution in [0.25, 0.3) is 10.9 Å². The van der Waals surface area contributed by atoms with Crippen LogP contribution in [0.2, 0.25) is 10.0 Å². The van der Waals surface area contributed by atoms with Crippen LogP contribution in [0.15, 0.2) is 47.3 Å². The number of nitrogens with zero attached hydrogens (tertiary/aromatic N) is 3. The third-order valence-electron chi connectivity index (χ3n) is 3.74. The van der Waals surface area contributed by atoms with Crippen LogP contribution in [0.4, 0.5) is 0 Å². The lowest BCUT2D eigenvalue weighted by Crippen LogP contribution is -2.35. The zero-order valence-corrected chi connectivity index (χ0v) is 14.8. The minimum absolute atomic E-state index is 0.220. The Labute approximate surface area is 153 Å². The first-order valence-electron chi connectivity index (χ1n) is 7.52. The summed E-state index contributed by atoms with van der Waals surface area (Å²) >= 11 is 11.9. The molecule has 1 heterocycles. The van der Waals surface area contributed by atoms with E-state index in [2.05, 4.69) is 15.6 Å². The number of carbonyl (C=O) groups is 1. The van der Waals surface area contributed by atoms with Crippen LogP contribution in [0, 0.1) is 0 Å². The summed E-state index contributed by atoms with van der Waals surface area (Å²) in [5, 5.41) is 11.8. The predicted molar refractivity (Wildman–Crippen MR) is 96.8 cm³/mol. The van der Waals surface area contributed by atoms with Gasteiger partial charge in [-0.25, -0.2) is 4.68 Å². The molecule has 0 saturated carbocycles. The van der Waals surface area contributed by atoms with Crippen molar-refractivity contribution in [3.63, 3.8) is 0 Å². The van der Waals surface area contributed by atoms with E-state index in [1.165, 1.54) is 0 Å². The number of fused-ring (bicyclic) bond motifs is 1. The number of amides is 1. The molecular formula is C17H14Cl2N4O2. The van der Waals surface area contributed by atoms with E-state index < -0.39 is 0 Å². The average molecular weight is 377 g/mol. The largest absolute Gasteiger partial charge is 0.348 e. The summed E-state index contributed by atoms with van der Waals surface area (Å²) in [6, 6.07) is 11.7. The highest BCUT2D eigenvalue weighted by molar-refractivity contribution is 6.42. The molecule has 0 spiro atoms. The van der Waals surface area contributed by atoms with Crippen molar-refractivity contribution in [2.24, 2.45) is 0 Å². The number of aromatic nitrogens is 3.